The van der Waals surface area contributed by atoms with Crippen molar-refractivity contribution in [1.82, 2.24) is 19.5 Å². The van der Waals surface area contributed by atoms with Gasteiger partial charge in [-0.25, -0.2) is 9.97 Å². The van der Waals surface area contributed by atoms with Gasteiger partial charge in [0.2, 0.25) is 5.95 Å². The standard InChI is InChI=1S/C16H19F3N6/c1-23(2)14-7-13(16(17,18)19)21-15(22-14)24-6-5-12-11(8-24)20-9-25(12)10-3-4-10/h7,9-10H,3-6,8H2,1-2H3. The summed E-state index contributed by atoms with van der Waals surface area (Å²) in [7, 11) is 3.33. The van der Waals surface area contributed by atoms with Crippen LogP contribution < -0.4 is 9.80 Å². The Hall–Kier alpha value is -2.32. The SMILES string of the molecule is CN(C)c1cc(C(F)(F)F)nc(N2CCc3c(ncn3C3CC3)C2)n1. The molecule has 0 N–H and O–H groups in total. The highest BCUT2D eigenvalue weighted by Crippen LogP contribution is 2.38. The van der Waals surface area contributed by atoms with E-state index in [-0.39, 0.29) is 11.8 Å². The van der Waals surface area contributed by atoms with E-state index in [1.54, 1.807) is 23.9 Å². The second-order valence-corrected chi connectivity index (χ2v) is 6.75. The molecule has 6 nitrogen and oxygen atoms in total. The molecule has 134 valence electrons. The Labute approximate surface area is 143 Å². The fraction of sp³-hybridized carbons (Fsp3) is 0.562. The molecule has 0 spiro atoms. The molecular formula is C16H19F3N6. The zero-order valence-corrected chi connectivity index (χ0v) is 14.1. The molecule has 1 fully saturated rings. The predicted molar refractivity (Wildman–Crippen MR) is 86.6 cm³/mol. The zero-order valence-electron chi connectivity index (χ0n) is 14.1. The molecule has 0 saturated heterocycles. The Bertz CT molecular complexity index is 794. The number of hydrogen-bond donors (Lipinski definition) is 0. The molecule has 25 heavy (non-hydrogen) atoms. The van der Waals surface area contributed by atoms with E-state index in [4.69, 9.17) is 0 Å². The second-order valence-electron chi connectivity index (χ2n) is 6.75. The normalized spacial score (nSPS) is 17.6. The molecule has 0 bridgehead atoms. The third-order valence-corrected chi connectivity index (χ3v) is 4.61. The molecule has 0 amide bonds. The minimum absolute atomic E-state index is 0.102. The van der Waals surface area contributed by atoms with Crippen LogP contribution in [0.1, 0.15) is 36.0 Å². The molecule has 0 unspecified atom stereocenters. The molecule has 1 saturated carbocycles. The maximum absolute atomic E-state index is 13.2. The average Bonchev–Trinajstić information content (AvgIpc) is 3.32. The highest BCUT2D eigenvalue weighted by Gasteiger charge is 2.35. The summed E-state index contributed by atoms with van der Waals surface area (Å²) >= 11 is 0. The van der Waals surface area contributed by atoms with Crippen molar-refractivity contribution < 1.29 is 13.2 Å². The van der Waals surface area contributed by atoms with Crippen molar-refractivity contribution in [2.75, 3.05) is 30.4 Å². The van der Waals surface area contributed by atoms with Gasteiger partial charge in [0, 0.05) is 44.9 Å². The monoisotopic (exact) mass is 352 g/mol. The van der Waals surface area contributed by atoms with E-state index in [1.165, 1.54) is 18.5 Å². The summed E-state index contributed by atoms with van der Waals surface area (Å²) < 4.78 is 41.7. The van der Waals surface area contributed by atoms with Crippen LogP contribution in [0.3, 0.4) is 0 Å². The third-order valence-electron chi connectivity index (χ3n) is 4.61. The van der Waals surface area contributed by atoms with Gasteiger partial charge in [-0.3, -0.25) is 0 Å². The number of imidazole rings is 1. The van der Waals surface area contributed by atoms with E-state index in [9.17, 15) is 13.2 Å². The van der Waals surface area contributed by atoms with Gasteiger partial charge in [0.05, 0.1) is 18.6 Å². The van der Waals surface area contributed by atoms with Gasteiger partial charge < -0.3 is 14.4 Å². The average molecular weight is 352 g/mol. The lowest BCUT2D eigenvalue weighted by Crippen LogP contribution is -2.33. The fourth-order valence-corrected chi connectivity index (χ4v) is 3.11. The van der Waals surface area contributed by atoms with Crippen LogP contribution in [0.25, 0.3) is 0 Å². The van der Waals surface area contributed by atoms with Gasteiger partial charge in [0.25, 0.3) is 0 Å². The van der Waals surface area contributed by atoms with Crippen LogP contribution >= 0.6 is 0 Å². The molecule has 0 radical (unpaired) electrons. The van der Waals surface area contributed by atoms with Gasteiger partial charge in [0.1, 0.15) is 5.82 Å². The van der Waals surface area contributed by atoms with Gasteiger partial charge >= 0.3 is 6.18 Å². The molecule has 2 aliphatic rings. The summed E-state index contributed by atoms with van der Waals surface area (Å²) in [5.41, 5.74) is 1.18. The predicted octanol–water partition coefficient (Wildman–Crippen LogP) is 2.66. The summed E-state index contributed by atoms with van der Waals surface area (Å²) in [6, 6.07) is 1.52. The Morgan fingerprint density at radius 3 is 2.60 bits per heavy atom. The van der Waals surface area contributed by atoms with Crippen molar-refractivity contribution in [3.05, 3.63) is 29.5 Å². The van der Waals surface area contributed by atoms with E-state index in [2.05, 4.69) is 19.5 Å². The van der Waals surface area contributed by atoms with Crippen molar-refractivity contribution in [3.8, 4) is 0 Å². The van der Waals surface area contributed by atoms with Gasteiger partial charge in [-0.1, -0.05) is 0 Å². The smallest absolute Gasteiger partial charge is 0.363 e. The maximum Gasteiger partial charge on any atom is 0.433 e. The maximum atomic E-state index is 13.2. The Kier molecular flexibility index (Phi) is 3.62. The lowest BCUT2D eigenvalue weighted by Gasteiger charge is -2.28. The summed E-state index contributed by atoms with van der Waals surface area (Å²) in [6.45, 7) is 1.02. The van der Waals surface area contributed by atoms with Crippen molar-refractivity contribution in [2.24, 2.45) is 0 Å². The first-order valence-electron chi connectivity index (χ1n) is 8.26. The number of fused-ring (bicyclic) bond motifs is 1. The summed E-state index contributed by atoms with van der Waals surface area (Å²) in [6.07, 6.45) is 0.439. The van der Waals surface area contributed by atoms with Gasteiger partial charge in [-0.05, 0) is 12.8 Å². The number of hydrogen-bond acceptors (Lipinski definition) is 5. The van der Waals surface area contributed by atoms with Crippen molar-refractivity contribution in [1.29, 1.82) is 0 Å². The number of nitrogens with zero attached hydrogens (tertiary/aromatic N) is 6. The quantitative estimate of drug-likeness (QED) is 0.850. The van der Waals surface area contributed by atoms with E-state index in [0.717, 1.165) is 18.2 Å². The topological polar surface area (TPSA) is 50.1 Å². The van der Waals surface area contributed by atoms with Crippen LogP contribution in [-0.2, 0) is 19.1 Å². The van der Waals surface area contributed by atoms with Crippen molar-refractivity contribution in [2.45, 2.75) is 38.0 Å². The number of anilines is 2. The van der Waals surface area contributed by atoms with E-state index in [0.29, 0.717) is 19.1 Å². The largest absolute Gasteiger partial charge is 0.433 e. The first-order valence-corrected chi connectivity index (χ1v) is 8.26. The minimum atomic E-state index is -4.50. The Morgan fingerprint density at radius 2 is 1.96 bits per heavy atom. The molecule has 0 aromatic carbocycles. The van der Waals surface area contributed by atoms with Crippen molar-refractivity contribution in [3.63, 3.8) is 0 Å². The number of halogens is 3. The van der Waals surface area contributed by atoms with E-state index in [1.807, 2.05) is 6.33 Å². The Balaban J connectivity index is 1.66. The number of aromatic nitrogens is 4. The molecule has 0 atom stereocenters. The summed E-state index contributed by atoms with van der Waals surface area (Å²) in [4.78, 5) is 15.9. The number of rotatable bonds is 3. The first-order chi connectivity index (χ1) is 11.8. The van der Waals surface area contributed by atoms with Crippen LogP contribution in [-0.4, -0.2) is 40.2 Å². The van der Waals surface area contributed by atoms with E-state index >= 15 is 0 Å². The molecule has 4 rings (SSSR count). The van der Waals surface area contributed by atoms with Gasteiger partial charge in [-0.15, -0.1) is 0 Å². The summed E-state index contributed by atoms with van der Waals surface area (Å²) in [5.74, 6) is 0.344. The lowest BCUT2D eigenvalue weighted by molar-refractivity contribution is -0.141. The minimum Gasteiger partial charge on any atom is -0.363 e. The molecule has 1 aliphatic carbocycles. The van der Waals surface area contributed by atoms with Crippen LogP contribution in [0.5, 0.6) is 0 Å². The molecule has 2 aromatic rings. The molecule has 9 heteroatoms. The van der Waals surface area contributed by atoms with E-state index < -0.39 is 11.9 Å². The van der Waals surface area contributed by atoms with Crippen LogP contribution in [0.15, 0.2) is 12.4 Å². The summed E-state index contributed by atoms with van der Waals surface area (Å²) in [5, 5.41) is 0. The first kappa shape index (κ1) is 16.2. The second kappa shape index (κ2) is 5.60. The van der Waals surface area contributed by atoms with Crippen LogP contribution in [0.2, 0.25) is 0 Å². The molecule has 2 aromatic heterocycles. The lowest BCUT2D eigenvalue weighted by atomic mass is 10.1. The fourth-order valence-electron chi connectivity index (χ4n) is 3.11. The number of alkyl halides is 3. The molecule has 3 heterocycles. The van der Waals surface area contributed by atoms with Gasteiger partial charge in [0.15, 0.2) is 5.69 Å². The van der Waals surface area contributed by atoms with Crippen molar-refractivity contribution >= 4 is 11.8 Å². The van der Waals surface area contributed by atoms with Crippen LogP contribution in [0, 0.1) is 0 Å². The zero-order chi connectivity index (χ0) is 17.8. The highest BCUT2D eigenvalue weighted by atomic mass is 19.4. The third kappa shape index (κ3) is 3.03. The van der Waals surface area contributed by atoms with Gasteiger partial charge in [-0.2, -0.15) is 18.2 Å². The van der Waals surface area contributed by atoms with Crippen LogP contribution in [0.4, 0.5) is 24.9 Å². The highest BCUT2D eigenvalue weighted by molar-refractivity contribution is 5.46. The molecule has 1 aliphatic heterocycles. The Morgan fingerprint density at radius 1 is 1.20 bits per heavy atom. The molecular weight excluding hydrogens is 333 g/mol.